The van der Waals surface area contributed by atoms with Crippen LogP contribution in [0.1, 0.15) is 30.5 Å². The summed E-state index contributed by atoms with van der Waals surface area (Å²) in [6, 6.07) is 14.8. The normalized spacial score (nSPS) is 11.6. The van der Waals surface area contributed by atoms with Crippen molar-refractivity contribution in [2.75, 3.05) is 6.54 Å². The van der Waals surface area contributed by atoms with Gasteiger partial charge in [0.05, 0.1) is 11.4 Å². The number of sulfonamides is 1. The largest absolute Gasteiger partial charge is 0.357 e. The van der Waals surface area contributed by atoms with Crippen molar-refractivity contribution in [2.24, 2.45) is 10.1 Å². The van der Waals surface area contributed by atoms with Gasteiger partial charge in [-0.3, -0.25) is 0 Å². The molecule has 2 aromatic rings. The molecule has 0 bridgehead atoms. The van der Waals surface area contributed by atoms with E-state index in [0.29, 0.717) is 19.0 Å². The van der Waals surface area contributed by atoms with Crippen molar-refractivity contribution in [1.82, 2.24) is 10.6 Å². The zero-order valence-corrected chi connectivity index (χ0v) is 18.8. The lowest BCUT2D eigenvalue weighted by Crippen LogP contribution is -2.37. The number of hydrogen-bond donors (Lipinski definition) is 3. The Bertz CT molecular complexity index is 870. The van der Waals surface area contributed by atoms with E-state index in [9.17, 15) is 8.42 Å². The van der Waals surface area contributed by atoms with Crippen LogP contribution in [0.15, 0.2) is 58.4 Å². The zero-order chi connectivity index (χ0) is 19.0. The first-order chi connectivity index (χ1) is 12.4. The number of rotatable bonds is 7. The highest BCUT2D eigenvalue weighted by atomic mass is 127. The number of nitrogens with two attached hydrogens (primary N) is 1. The number of nitrogens with one attached hydrogen (secondary N) is 2. The molecule has 0 saturated heterocycles. The molecule has 8 heteroatoms. The van der Waals surface area contributed by atoms with Crippen molar-refractivity contribution in [3.8, 4) is 0 Å². The number of aliphatic imine (C=N–C) groups is 1. The van der Waals surface area contributed by atoms with E-state index in [2.05, 4.69) is 34.7 Å². The van der Waals surface area contributed by atoms with Gasteiger partial charge in [0, 0.05) is 13.1 Å². The van der Waals surface area contributed by atoms with Gasteiger partial charge in [0.1, 0.15) is 0 Å². The lowest BCUT2D eigenvalue weighted by Gasteiger charge is -2.13. The number of hydrogen-bond acceptors (Lipinski definition) is 3. The molecule has 0 saturated carbocycles. The summed E-state index contributed by atoms with van der Waals surface area (Å²) in [6.45, 7) is 5.90. The lowest BCUT2D eigenvalue weighted by molar-refractivity contribution is 0.597. The Kier molecular flexibility index (Phi) is 9.75. The molecule has 0 heterocycles. The van der Waals surface area contributed by atoms with Gasteiger partial charge < -0.3 is 10.6 Å². The minimum absolute atomic E-state index is 0. The van der Waals surface area contributed by atoms with Crippen molar-refractivity contribution in [3.63, 3.8) is 0 Å². The van der Waals surface area contributed by atoms with Gasteiger partial charge in [0.25, 0.3) is 0 Å². The molecule has 0 spiro atoms. The van der Waals surface area contributed by atoms with Gasteiger partial charge in [-0.2, -0.15) is 0 Å². The summed E-state index contributed by atoms with van der Waals surface area (Å²) in [7, 11) is -3.71. The van der Waals surface area contributed by atoms with Crippen LogP contribution in [0.5, 0.6) is 0 Å². The van der Waals surface area contributed by atoms with E-state index in [0.717, 1.165) is 18.5 Å². The number of benzene rings is 2. The SMILES string of the molecule is CCNC(=NCc1cccc(S(N)(=O)=O)c1)NCc1ccccc1CC.I. The third kappa shape index (κ3) is 7.47. The van der Waals surface area contributed by atoms with Gasteiger partial charge in [-0.15, -0.1) is 24.0 Å². The maximum atomic E-state index is 11.5. The molecule has 2 rings (SSSR count). The van der Waals surface area contributed by atoms with E-state index >= 15 is 0 Å². The fraction of sp³-hybridized carbons (Fsp3) is 0.316. The predicted molar refractivity (Wildman–Crippen MR) is 121 cm³/mol. The summed E-state index contributed by atoms with van der Waals surface area (Å²) in [6.07, 6.45) is 0.978. The fourth-order valence-electron chi connectivity index (χ4n) is 2.59. The molecule has 0 aromatic heterocycles. The van der Waals surface area contributed by atoms with Crippen molar-refractivity contribution >= 4 is 40.0 Å². The van der Waals surface area contributed by atoms with Gasteiger partial charge in [-0.1, -0.05) is 43.3 Å². The second-order valence-corrected chi connectivity index (χ2v) is 7.42. The molecule has 4 N–H and O–H groups in total. The molecule has 0 aliphatic rings. The molecule has 0 aliphatic heterocycles. The Labute approximate surface area is 178 Å². The van der Waals surface area contributed by atoms with Gasteiger partial charge in [-0.25, -0.2) is 18.5 Å². The smallest absolute Gasteiger partial charge is 0.238 e. The van der Waals surface area contributed by atoms with E-state index in [1.165, 1.54) is 17.2 Å². The van der Waals surface area contributed by atoms with Gasteiger partial charge in [0.2, 0.25) is 10.0 Å². The van der Waals surface area contributed by atoms with Crippen molar-refractivity contribution in [3.05, 3.63) is 65.2 Å². The summed E-state index contributed by atoms with van der Waals surface area (Å²) < 4.78 is 22.9. The molecule has 148 valence electrons. The number of guanidine groups is 1. The highest BCUT2D eigenvalue weighted by Gasteiger charge is 2.08. The molecule has 2 aromatic carbocycles. The molecule has 0 atom stereocenters. The second kappa shape index (κ2) is 11.3. The average Bonchev–Trinajstić information content (AvgIpc) is 2.63. The quantitative estimate of drug-likeness (QED) is 0.308. The van der Waals surface area contributed by atoms with Crippen molar-refractivity contribution in [2.45, 2.75) is 38.3 Å². The van der Waals surface area contributed by atoms with Crippen LogP contribution < -0.4 is 15.8 Å². The fourth-order valence-corrected chi connectivity index (χ4v) is 3.17. The molecule has 0 aliphatic carbocycles. The first kappa shape index (κ1) is 23.4. The molecular formula is C19H27IN4O2S. The van der Waals surface area contributed by atoms with Gasteiger partial charge in [-0.05, 0) is 42.2 Å². The zero-order valence-electron chi connectivity index (χ0n) is 15.6. The van der Waals surface area contributed by atoms with Gasteiger partial charge in [0.15, 0.2) is 5.96 Å². The van der Waals surface area contributed by atoms with Crippen LogP contribution in [0.3, 0.4) is 0 Å². The number of halogens is 1. The third-order valence-corrected chi connectivity index (χ3v) is 4.85. The Balaban J connectivity index is 0.00000364. The van der Waals surface area contributed by atoms with E-state index in [-0.39, 0.29) is 28.9 Å². The van der Waals surface area contributed by atoms with Crippen LogP contribution in [-0.4, -0.2) is 20.9 Å². The topological polar surface area (TPSA) is 96.6 Å². The standard InChI is InChI=1S/C19H26N4O2S.HI/c1-3-16-9-5-6-10-17(16)14-23-19(21-4-2)22-13-15-8-7-11-18(12-15)26(20,24)25;/h5-12H,3-4,13-14H2,1-2H3,(H2,20,24,25)(H2,21,22,23);1H. The first-order valence-corrected chi connectivity index (χ1v) is 10.2. The molecular weight excluding hydrogens is 475 g/mol. The Morgan fingerprint density at radius 3 is 2.37 bits per heavy atom. The van der Waals surface area contributed by atoms with E-state index in [4.69, 9.17) is 5.14 Å². The molecule has 27 heavy (non-hydrogen) atoms. The minimum Gasteiger partial charge on any atom is -0.357 e. The molecule has 0 amide bonds. The first-order valence-electron chi connectivity index (χ1n) is 8.64. The Morgan fingerprint density at radius 2 is 1.74 bits per heavy atom. The van der Waals surface area contributed by atoms with E-state index in [1.54, 1.807) is 12.1 Å². The number of primary sulfonamides is 1. The summed E-state index contributed by atoms with van der Waals surface area (Å²) in [5.41, 5.74) is 3.32. The van der Waals surface area contributed by atoms with Crippen molar-refractivity contribution < 1.29 is 8.42 Å². The highest BCUT2D eigenvalue weighted by Crippen LogP contribution is 2.11. The van der Waals surface area contributed by atoms with Crippen LogP contribution >= 0.6 is 24.0 Å². The molecule has 0 radical (unpaired) electrons. The third-order valence-electron chi connectivity index (χ3n) is 3.94. The Hall–Kier alpha value is -1.65. The van der Waals surface area contributed by atoms with Crippen LogP contribution in [-0.2, 0) is 29.5 Å². The minimum atomic E-state index is -3.71. The molecule has 0 unspecified atom stereocenters. The maximum Gasteiger partial charge on any atom is 0.238 e. The van der Waals surface area contributed by atoms with Gasteiger partial charge >= 0.3 is 0 Å². The van der Waals surface area contributed by atoms with Crippen LogP contribution in [0.4, 0.5) is 0 Å². The average molecular weight is 502 g/mol. The van der Waals surface area contributed by atoms with Crippen LogP contribution in [0.25, 0.3) is 0 Å². The van der Waals surface area contributed by atoms with Crippen molar-refractivity contribution in [1.29, 1.82) is 0 Å². The highest BCUT2D eigenvalue weighted by molar-refractivity contribution is 14.0. The lowest BCUT2D eigenvalue weighted by atomic mass is 10.1. The molecule has 0 fully saturated rings. The van der Waals surface area contributed by atoms with E-state index in [1.807, 2.05) is 25.1 Å². The summed E-state index contributed by atoms with van der Waals surface area (Å²) in [5, 5.41) is 11.7. The maximum absolute atomic E-state index is 11.5. The monoisotopic (exact) mass is 502 g/mol. The second-order valence-electron chi connectivity index (χ2n) is 5.86. The van der Waals surface area contributed by atoms with Crippen LogP contribution in [0, 0.1) is 0 Å². The number of nitrogens with zero attached hydrogens (tertiary/aromatic N) is 1. The molecule has 6 nitrogen and oxygen atoms in total. The van der Waals surface area contributed by atoms with Crippen LogP contribution in [0.2, 0.25) is 0 Å². The van der Waals surface area contributed by atoms with E-state index < -0.39 is 10.0 Å². The summed E-state index contributed by atoms with van der Waals surface area (Å²) >= 11 is 0. The Morgan fingerprint density at radius 1 is 1.04 bits per heavy atom. The summed E-state index contributed by atoms with van der Waals surface area (Å²) in [5.74, 6) is 0.680. The number of aryl methyl sites for hydroxylation is 1. The predicted octanol–water partition coefficient (Wildman–Crippen LogP) is 2.77. The summed E-state index contributed by atoms with van der Waals surface area (Å²) in [4.78, 5) is 4.63.